The molecular weight excluding hydrogens is 242 g/mol. The van der Waals surface area contributed by atoms with Crippen LogP contribution in [0.15, 0.2) is 40.9 Å². The number of benzene rings is 1. The van der Waals surface area contributed by atoms with E-state index in [2.05, 4.69) is 4.99 Å². The zero-order chi connectivity index (χ0) is 13.7. The Bertz CT molecular complexity index is 517. The summed E-state index contributed by atoms with van der Waals surface area (Å²) in [4.78, 5) is 16.3. The van der Waals surface area contributed by atoms with Gasteiger partial charge in [0.05, 0.1) is 12.3 Å². The smallest absolute Gasteiger partial charge is 0.343 e. The van der Waals surface area contributed by atoms with Gasteiger partial charge < -0.3 is 9.84 Å². The molecule has 4 nitrogen and oxygen atoms in total. The molecule has 0 aromatic heterocycles. The maximum absolute atomic E-state index is 12.0. The van der Waals surface area contributed by atoms with E-state index in [0.717, 1.165) is 6.42 Å². The van der Waals surface area contributed by atoms with Crippen LogP contribution >= 0.6 is 0 Å². The lowest BCUT2D eigenvalue weighted by atomic mass is 10.0. The van der Waals surface area contributed by atoms with Gasteiger partial charge in [-0.25, -0.2) is 4.79 Å². The normalized spacial score (nSPS) is 15.7. The molecule has 1 aliphatic heterocycles. The van der Waals surface area contributed by atoms with E-state index >= 15 is 0 Å². The van der Waals surface area contributed by atoms with Crippen LogP contribution < -0.4 is 0 Å². The van der Waals surface area contributed by atoms with Crippen molar-refractivity contribution in [2.24, 2.45) is 4.99 Å². The summed E-state index contributed by atoms with van der Waals surface area (Å²) < 4.78 is 5.02. The Kier molecular flexibility index (Phi) is 4.34. The molecule has 0 bridgehead atoms. The van der Waals surface area contributed by atoms with Gasteiger partial charge in [0.25, 0.3) is 0 Å². The average Bonchev–Trinajstić information content (AvgIpc) is 2.94. The molecule has 1 N–H and O–H groups in total. The van der Waals surface area contributed by atoms with Gasteiger partial charge in [-0.1, -0.05) is 30.3 Å². The third kappa shape index (κ3) is 3.02. The van der Waals surface area contributed by atoms with Gasteiger partial charge >= 0.3 is 5.97 Å². The van der Waals surface area contributed by atoms with Crippen molar-refractivity contribution in [1.29, 1.82) is 0 Å². The number of nitrogens with zero attached hydrogens (tertiary/aromatic N) is 1. The number of carbonyl (C=O) groups is 1. The number of aliphatic imine (C=N–C) groups is 1. The van der Waals surface area contributed by atoms with Crippen molar-refractivity contribution in [1.82, 2.24) is 0 Å². The van der Waals surface area contributed by atoms with Gasteiger partial charge in [0.15, 0.2) is 0 Å². The van der Waals surface area contributed by atoms with Crippen LogP contribution in [-0.2, 0) is 9.53 Å². The van der Waals surface area contributed by atoms with Crippen molar-refractivity contribution in [2.75, 3.05) is 13.2 Å². The van der Waals surface area contributed by atoms with Crippen molar-refractivity contribution in [3.63, 3.8) is 0 Å². The molecule has 0 spiro atoms. The summed E-state index contributed by atoms with van der Waals surface area (Å²) in [5.74, 6) is -0.566. The lowest BCUT2D eigenvalue weighted by Crippen LogP contribution is -2.17. The average molecular weight is 259 g/mol. The molecule has 100 valence electrons. The maximum atomic E-state index is 12.0. The summed E-state index contributed by atoms with van der Waals surface area (Å²) in [5, 5.41) is 10.3. The molecule has 0 saturated heterocycles. The molecule has 0 saturated carbocycles. The molecule has 1 aromatic carbocycles. The highest BCUT2D eigenvalue weighted by atomic mass is 16.5. The standard InChI is InChI=1S/C15H17NO3/c1-2-19-15(18)13(12-9-6-10-16-12)14(17)11-7-4-3-5-8-11/h3-5,7-8,17H,2,6,9-10H2,1H3/b14-13-. The fourth-order valence-electron chi connectivity index (χ4n) is 2.04. The van der Waals surface area contributed by atoms with Gasteiger partial charge in [-0.3, -0.25) is 4.99 Å². The number of rotatable bonds is 4. The first-order valence-electron chi connectivity index (χ1n) is 6.43. The van der Waals surface area contributed by atoms with Crippen molar-refractivity contribution < 1.29 is 14.6 Å². The first-order chi connectivity index (χ1) is 9.24. The molecule has 19 heavy (non-hydrogen) atoms. The predicted molar refractivity (Wildman–Crippen MR) is 74.2 cm³/mol. The lowest BCUT2D eigenvalue weighted by molar-refractivity contribution is -0.137. The topological polar surface area (TPSA) is 58.9 Å². The molecule has 0 fully saturated rings. The third-order valence-electron chi connectivity index (χ3n) is 2.93. The molecule has 0 atom stereocenters. The van der Waals surface area contributed by atoms with Crippen molar-refractivity contribution in [2.45, 2.75) is 19.8 Å². The van der Waals surface area contributed by atoms with Crippen LogP contribution in [0.1, 0.15) is 25.3 Å². The number of hydrogen-bond acceptors (Lipinski definition) is 4. The van der Waals surface area contributed by atoms with Gasteiger partial charge in [0.2, 0.25) is 0 Å². The second kappa shape index (κ2) is 6.18. The summed E-state index contributed by atoms with van der Waals surface area (Å²) >= 11 is 0. The van der Waals surface area contributed by atoms with Gasteiger partial charge in [-0.15, -0.1) is 0 Å². The summed E-state index contributed by atoms with van der Waals surface area (Å²) in [7, 11) is 0. The molecule has 0 amide bonds. The maximum Gasteiger partial charge on any atom is 0.343 e. The largest absolute Gasteiger partial charge is 0.506 e. The number of aliphatic hydroxyl groups excluding tert-OH is 1. The number of aliphatic hydroxyl groups is 1. The predicted octanol–water partition coefficient (Wildman–Crippen LogP) is 2.75. The molecule has 1 heterocycles. The quantitative estimate of drug-likeness (QED) is 0.514. The third-order valence-corrected chi connectivity index (χ3v) is 2.93. The van der Waals surface area contributed by atoms with Crippen LogP contribution in [0.5, 0.6) is 0 Å². The summed E-state index contributed by atoms with van der Waals surface area (Å²) in [6, 6.07) is 8.98. The summed E-state index contributed by atoms with van der Waals surface area (Å²) in [5.41, 5.74) is 1.44. The number of carbonyl (C=O) groups excluding carboxylic acids is 1. The molecule has 1 aromatic rings. The first-order valence-corrected chi connectivity index (χ1v) is 6.43. The summed E-state index contributed by atoms with van der Waals surface area (Å²) in [6.45, 7) is 2.71. The SMILES string of the molecule is CCOC(=O)/C(C1=NCCC1)=C(\O)c1ccccc1. The minimum atomic E-state index is -0.510. The minimum Gasteiger partial charge on any atom is -0.506 e. The van der Waals surface area contributed by atoms with E-state index in [1.54, 1.807) is 19.1 Å². The van der Waals surface area contributed by atoms with Crippen molar-refractivity contribution in [3.05, 3.63) is 41.5 Å². The van der Waals surface area contributed by atoms with E-state index in [4.69, 9.17) is 4.74 Å². The van der Waals surface area contributed by atoms with Crippen LogP contribution in [0.2, 0.25) is 0 Å². The van der Waals surface area contributed by atoms with E-state index in [0.29, 0.717) is 24.2 Å². The van der Waals surface area contributed by atoms with E-state index in [-0.39, 0.29) is 17.9 Å². The van der Waals surface area contributed by atoms with Crippen LogP contribution in [0.4, 0.5) is 0 Å². The molecule has 4 heteroatoms. The van der Waals surface area contributed by atoms with Crippen LogP contribution in [0.25, 0.3) is 5.76 Å². The Balaban J connectivity index is 2.44. The monoisotopic (exact) mass is 259 g/mol. The van der Waals surface area contributed by atoms with E-state index in [9.17, 15) is 9.90 Å². The van der Waals surface area contributed by atoms with E-state index < -0.39 is 5.97 Å². The van der Waals surface area contributed by atoms with E-state index in [1.165, 1.54) is 0 Å². The van der Waals surface area contributed by atoms with Crippen molar-refractivity contribution in [3.8, 4) is 0 Å². The molecule has 0 radical (unpaired) electrons. The first kappa shape index (κ1) is 13.3. The van der Waals surface area contributed by atoms with Crippen LogP contribution in [0.3, 0.4) is 0 Å². The lowest BCUT2D eigenvalue weighted by Gasteiger charge is -2.10. The molecular formula is C15H17NO3. The van der Waals surface area contributed by atoms with Crippen LogP contribution in [0, 0.1) is 0 Å². The zero-order valence-electron chi connectivity index (χ0n) is 10.9. The Morgan fingerprint density at radius 3 is 2.68 bits per heavy atom. The molecule has 0 aliphatic carbocycles. The van der Waals surface area contributed by atoms with Crippen LogP contribution in [-0.4, -0.2) is 29.9 Å². The summed E-state index contributed by atoms with van der Waals surface area (Å²) in [6.07, 6.45) is 1.60. The Labute approximate surface area is 112 Å². The Hall–Kier alpha value is -2.10. The molecule has 1 aliphatic rings. The van der Waals surface area contributed by atoms with Gasteiger partial charge in [0.1, 0.15) is 11.3 Å². The molecule has 0 unspecified atom stereocenters. The van der Waals surface area contributed by atoms with Gasteiger partial charge in [-0.05, 0) is 19.8 Å². The highest BCUT2D eigenvalue weighted by Crippen LogP contribution is 2.22. The fraction of sp³-hybridized carbons (Fsp3) is 0.333. The van der Waals surface area contributed by atoms with Crippen molar-refractivity contribution >= 4 is 17.4 Å². The number of ether oxygens (including phenoxy) is 1. The fourth-order valence-corrected chi connectivity index (χ4v) is 2.04. The van der Waals surface area contributed by atoms with E-state index in [1.807, 2.05) is 18.2 Å². The van der Waals surface area contributed by atoms with Gasteiger partial charge in [-0.2, -0.15) is 0 Å². The number of hydrogen-bond donors (Lipinski definition) is 1. The highest BCUT2D eigenvalue weighted by Gasteiger charge is 2.25. The minimum absolute atomic E-state index is 0.0558. The second-order valence-electron chi connectivity index (χ2n) is 4.24. The number of esters is 1. The highest BCUT2D eigenvalue weighted by molar-refractivity contribution is 6.24. The Morgan fingerprint density at radius 2 is 2.11 bits per heavy atom. The second-order valence-corrected chi connectivity index (χ2v) is 4.24. The zero-order valence-corrected chi connectivity index (χ0v) is 10.9. The Morgan fingerprint density at radius 1 is 1.37 bits per heavy atom. The molecule has 2 rings (SSSR count). The van der Waals surface area contributed by atoms with Gasteiger partial charge in [0, 0.05) is 12.1 Å².